The van der Waals surface area contributed by atoms with Gasteiger partial charge in [-0.3, -0.25) is 10.00 Å². The highest BCUT2D eigenvalue weighted by atomic mass is 19.1. The van der Waals surface area contributed by atoms with Crippen molar-refractivity contribution >= 4 is 5.97 Å². The summed E-state index contributed by atoms with van der Waals surface area (Å²) in [6.45, 7) is 5.52. The molecule has 1 fully saturated rings. The van der Waals surface area contributed by atoms with Crippen molar-refractivity contribution in [2.45, 2.75) is 38.8 Å². The quantitative estimate of drug-likeness (QED) is 0.869. The summed E-state index contributed by atoms with van der Waals surface area (Å²) in [5.41, 5.74) is 1.26. The molecule has 0 spiro atoms. The molecule has 0 radical (unpaired) electrons. The standard InChI is InChI=1S/C18H22FN3O3/c1-12-9-14(19)3-4-16(12)25-18(17(23)24)5-7-22(8-6-18)11-15-10-13(2)20-21-15/h3-4,9-10H,5-8,11H2,1-2H3,(H,20,21)(H,23,24). The number of carbonyl (C=O) groups is 1. The van der Waals surface area contributed by atoms with Crippen molar-refractivity contribution in [1.29, 1.82) is 0 Å². The summed E-state index contributed by atoms with van der Waals surface area (Å²) < 4.78 is 19.1. The highest BCUT2D eigenvalue weighted by molar-refractivity contribution is 5.78. The molecule has 0 unspecified atom stereocenters. The van der Waals surface area contributed by atoms with Crippen LogP contribution in [0.4, 0.5) is 4.39 Å². The lowest BCUT2D eigenvalue weighted by Gasteiger charge is -2.38. The van der Waals surface area contributed by atoms with Crippen molar-refractivity contribution in [3.8, 4) is 5.75 Å². The first kappa shape index (κ1) is 17.4. The molecule has 134 valence electrons. The minimum atomic E-state index is -1.28. The minimum absolute atomic E-state index is 0.363. The second kappa shape index (κ2) is 6.84. The van der Waals surface area contributed by atoms with Gasteiger partial charge in [-0.1, -0.05) is 0 Å². The Morgan fingerprint density at radius 1 is 1.36 bits per heavy atom. The van der Waals surface area contributed by atoms with Gasteiger partial charge >= 0.3 is 5.97 Å². The van der Waals surface area contributed by atoms with E-state index in [0.29, 0.717) is 43.8 Å². The number of ether oxygens (including phenoxy) is 1. The number of carboxylic acids is 1. The van der Waals surface area contributed by atoms with E-state index in [1.165, 1.54) is 18.2 Å². The van der Waals surface area contributed by atoms with Gasteiger partial charge in [-0.05, 0) is 43.7 Å². The molecule has 2 aromatic rings. The van der Waals surface area contributed by atoms with Gasteiger partial charge in [0, 0.05) is 38.2 Å². The van der Waals surface area contributed by atoms with Crippen molar-refractivity contribution < 1.29 is 19.0 Å². The second-order valence-electron chi connectivity index (χ2n) is 6.63. The average Bonchev–Trinajstić information content (AvgIpc) is 2.97. The number of aryl methyl sites for hydroxylation is 2. The number of nitrogens with one attached hydrogen (secondary N) is 1. The van der Waals surface area contributed by atoms with E-state index in [4.69, 9.17) is 4.74 Å². The number of benzene rings is 1. The lowest BCUT2D eigenvalue weighted by molar-refractivity contribution is -0.160. The van der Waals surface area contributed by atoms with Crippen LogP contribution in [0.5, 0.6) is 5.75 Å². The zero-order valence-electron chi connectivity index (χ0n) is 14.4. The molecule has 0 aliphatic carbocycles. The Labute approximate surface area is 145 Å². The van der Waals surface area contributed by atoms with Gasteiger partial charge in [0.05, 0.1) is 5.69 Å². The molecule has 25 heavy (non-hydrogen) atoms. The zero-order valence-corrected chi connectivity index (χ0v) is 14.4. The number of likely N-dealkylation sites (tertiary alicyclic amines) is 1. The normalized spacial score (nSPS) is 17.4. The van der Waals surface area contributed by atoms with E-state index in [2.05, 4.69) is 15.1 Å². The van der Waals surface area contributed by atoms with Gasteiger partial charge < -0.3 is 9.84 Å². The van der Waals surface area contributed by atoms with E-state index >= 15 is 0 Å². The van der Waals surface area contributed by atoms with E-state index in [1.54, 1.807) is 6.92 Å². The van der Waals surface area contributed by atoms with E-state index in [-0.39, 0.29) is 5.82 Å². The van der Waals surface area contributed by atoms with Crippen LogP contribution in [0.3, 0.4) is 0 Å². The van der Waals surface area contributed by atoms with E-state index < -0.39 is 11.6 Å². The van der Waals surface area contributed by atoms with Crippen LogP contribution in [0.25, 0.3) is 0 Å². The maximum atomic E-state index is 13.3. The van der Waals surface area contributed by atoms with Crippen LogP contribution in [-0.2, 0) is 11.3 Å². The smallest absolute Gasteiger partial charge is 0.348 e. The molecule has 1 saturated heterocycles. The number of halogens is 1. The highest BCUT2D eigenvalue weighted by Crippen LogP contribution is 2.31. The number of rotatable bonds is 5. The SMILES string of the molecule is Cc1cc(CN2CCC(Oc3ccc(F)cc3C)(C(=O)O)CC2)n[nH]1. The molecule has 0 atom stereocenters. The molecule has 1 aliphatic heterocycles. The average molecular weight is 347 g/mol. The summed E-state index contributed by atoms with van der Waals surface area (Å²) in [6, 6.07) is 6.11. The van der Waals surface area contributed by atoms with Crippen molar-refractivity contribution in [3.63, 3.8) is 0 Å². The lowest BCUT2D eigenvalue weighted by atomic mass is 9.90. The maximum Gasteiger partial charge on any atom is 0.348 e. The molecule has 2 N–H and O–H groups in total. The topological polar surface area (TPSA) is 78.4 Å². The number of hydrogen-bond acceptors (Lipinski definition) is 4. The Hall–Kier alpha value is -2.41. The molecule has 2 heterocycles. The molecule has 1 aromatic carbocycles. The summed E-state index contributed by atoms with van der Waals surface area (Å²) in [5, 5.41) is 16.9. The third-order valence-electron chi connectivity index (χ3n) is 4.64. The first-order valence-electron chi connectivity index (χ1n) is 8.30. The molecule has 1 aromatic heterocycles. The van der Waals surface area contributed by atoms with Gasteiger partial charge in [0.2, 0.25) is 5.60 Å². The van der Waals surface area contributed by atoms with E-state index in [9.17, 15) is 14.3 Å². The van der Waals surface area contributed by atoms with Crippen LogP contribution in [-0.4, -0.2) is 44.9 Å². The Balaban J connectivity index is 1.69. The Kier molecular flexibility index (Phi) is 4.76. The Morgan fingerprint density at radius 3 is 2.64 bits per heavy atom. The van der Waals surface area contributed by atoms with Gasteiger partial charge in [0.15, 0.2) is 0 Å². The third-order valence-corrected chi connectivity index (χ3v) is 4.64. The van der Waals surface area contributed by atoms with Crippen LogP contribution in [0.15, 0.2) is 24.3 Å². The summed E-state index contributed by atoms with van der Waals surface area (Å²) >= 11 is 0. The fourth-order valence-electron chi connectivity index (χ4n) is 3.15. The number of carboxylic acid groups (broad SMARTS) is 1. The fourth-order valence-corrected chi connectivity index (χ4v) is 3.15. The molecular formula is C18H22FN3O3. The van der Waals surface area contributed by atoms with Crippen molar-refractivity contribution in [2.75, 3.05) is 13.1 Å². The monoisotopic (exact) mass is 347 g/mol. The predicted octanol–water partition coefficient (Wildman–Crippen LogP) is 2.66. The maximum absolute atomic E-state index is 13.3. The summed E-state index contributed by atoms with van der Waals surface area (Å²) in [7, 11) is 0. The molecule has 0 amide bonds. The van der Waals surface area contributed by atoms with Crippen LogP contribution in [0, 0.1) is 19.7 Å². The summed E-state index contributed by atoms with van der Waals surface area (Å²) in [6.07, 6.45) is 0.727. The van der Waals surface area contributed by atoms with Gasteiger partial charge in [-0.15, -0.1) is 0 Å². The summed E-state index contributed by atoms with van der Waals surface area (Å²) in [4.78, 5) is 14.1. The number of H-pyrrole nitrogens is 1. The van der Waals surface area contributed by atoms with Crippen molar-refractivity contribution in [2.24, 2.45) is 0 Å². The number of hydrogen-bond donors (Lipinski definition) is 2. The van der Waals surface area contributed by atoms with Gasteiger partial charge in [0.25, 0.3) is 0 Å². The molecule has 7 heteroatoms. The van der Waals surface area contributed by atoms with Gasteiger partial charge in [0.1, 0.15) is 11.6 Å². The number of aromatic nitrogens is 2. The largest absolute Gasteiger partial charge is 0.478 e. The lowest BCUT2D eigenvalue weighted by Crippen LogP contribution is -2.53. The highest BCUT2D eigenvalue weighted by Gasteiger charge is 2.44. The van der Waals surface area contributed by atoms with Crippen LogP contribution < -0.4 is 4.74 Å². The molecule has 1 aliphatic rings. The van der Waals surface area contributed by atoms with Gasteiger partial charge in [-0.2, -0.15) is 5.10 Å². The zero-order chi connectivity index (χ0) is 18.0. The molecular weight excluding hydrogens is 325 g/mol. The number of nitrogens with zero attached hydrogens (tertiary/aromatic N) is 2. The minimum Gasteiger partial charge on any atom is -0.478 e. The summed E-state index contributed by atoms with van der Waals surface area (Å²) in [5.74, 6) is -0.926. The van der Waals surface area contributed by atoms with E-state index in [0.717, 1.165) is 11.4 Å². The van der Waals surface area contributed by atoms with Crippen LogP contribution in [0.1, 0.15) is 29.8 Å². The second-order valence-corrected chi connectivity index (χ2v) is 6.63. The predicted molar refractivity (Wildman–Crippen MR) is 90.0 cm³/mol. The number of aromatic amines is 1. The molecule has 0 saturated carbocycles. The Bertz CT molecular complexity index is 767. The van der Waals surface area contributed by atoms with Gasteiger partial charge in [-0.25, -0.2) is 9.18 Å². The van der Waals surface area contributed by atoms with E-state index in [1.807, 2.05) is 13.0 Å². The van der Waals surface area contributed by atoms with Crippen LogP contribution in [0.2, 0.25) is 0 Å². The molecule has 0 bridgehead atoms. The van der Waals surface area contributed by atoms with Crippen LogP contribution >= 0.6 is 0 Å². The third kappa shape index (κ3) is 3.82. The number of aliphatic carboxylic acids is 1. The number of piperidine rings is 1. The first-order chi connectivity index (χ1) is 11.9. The fraction of sp³-hybridized carbons (Fsp3) is 0.444. The first-order valence-corrected chi connectivity index (χ1v) is 8.30. The Morgan fingerprint density at radius 2 is 2.08 bits per heavy atom. The molecule has 3 rings (SSSR count). The molecule has 6 nitrogen and oxygen atoms in total. The van der Waals surface area contributed by atoms with Crippen molar-refractivity contribution in [3.05, 3.63) is 47.0 Å². The van der Waals surface area contributed by atoms with Crippen molar-refractivity contribution in [1.82, 2.24) is 15.1 Å².